The van der Waals surface area contributed by atoms with Crippen LogP contribution >= 0.6 is 11.6 Å². The minimum Gasteiger partial charge on any atom is -0.357 e. The monoisotopic (exact) mass is 241 g/mol. The minimum atomic E-state index is 0.460. The van der Waals surface area contributed by atoms with E-state index >= 15 is 0 Å². The summed E-state index contributed by atoms with van der Waals surface area (Å²) in [4.78, 5) is 10.6. The van der Waals surface area contributed by atoms with Crippen LogP contribution in [0.25, 0.3) is 0 Å². The third kappa shape index (κ3) is 2.85. The average Bonchev–Trinajstić information content (AvgIpc) is 2.30. The number of halogens is 1. The highest BCUT2D eigenvalue weighted by molar-refractivity contribution is 6.30. The highest BCUT2D eigenvalue weighted by Crippen LogP contribution is 2.25. The predicted molar refractivity (Wildman–Crippen MR) is 69.2 cm³/mol. The van der Waals surface area contributed by atoms with Crippen LogP contribution in [0.3, 0.4) is 0 Å². The summed E-state index contributed by atoms with van der Waals surface area (Å²) in [7, 11) is 2.06. The molecular weight excluding hydrogens is 222 g/mol. The van der Waals surface area contributed by atoms with Gasteiger partial charge >= 0.3 is 0 Å². The summed E-state index contributed by atoms with van der Waals surface area (Å²) in [6.07, 6.45) is 4.60. The van der Waals surface area contributed by atoms with E-state index in [4.69, 9.17) is 11.6 Å². The normalized spacial score (nSPS) is 12.6. The molecule has 4 heteroatoms. The molecule has 1 atom stereocenters. The Bertz CT molecular complexity index is 341. The third-order valence-electron chi connectivity index (χ3n) is 2.96. The van der Waals surface area contributed by atoms with Gasteiger partial charge in [0.15, 0.2) is 0 Å². The van der Waals surface area contributed by atoms with Gasteiger partial charge in [0.05, 0.1) is 0 Å². The lowest BCUT2D eigenvalue weighted by molar-refractivity contribution is 0.651. The van der Waals surface area contributed by atoms with Crippen molar-refractivity contribution in [3.8, 4) is 0 Å². The SMILES string of the molecule is CCCc1c(Cl)ncnc1N(C)C(C)CC. The molecule has 1 aromatic rings. The Morgan fingerprint density at radius 1 is 1.38 bits per heavy atom. The van der Waals surface area contributed by atoms with Crippen LogP contribution in [-0.2, 0) is 6.42 Å². The first-order chi connectivity index (χ1) is 7.61. The minimum absolute atomic E-state index is 0.460. The van der Waals surface area contributed by atoms with Gasteiger partial charge in [-0.05, 0) is 19.8 Å². The lowest BCUT2D eigenvalue weighted by Crippen LogP contribution is -2.30. The number of hydrogen-bond donors (Lipinski definition) is 0. The van der Waals surface area contributed by atoms with Crippen molar-refractivity contribution in [2.75, 3.05) is 11.9 Å². The zero-order valence-corrected chi connectivity index (χ0v) is 11.3. The van der Waals surface area contributed by atoms with Gasteiger partial charge in [-0.2, -0.15) is 0 Å². The molecule has 1 rings (SSSR count). The molecule has 0 saturated carbocycles. The van der Waals surface area contributed by atoms with E-state index in [9.17, 15) is 0 Å². The summed E-state index contributed by atoms with van der Waals surface area (Å²) in [6.45, 7) is 6.49. The fourth-order valence-corrected chi connectivity index (χ4v) is 1.86. The molecule has 0 spiro atoms. The molecule has 1 heterocycles. The van der Waals surface area contributed by atoms with Crippen LogP contribution < -0.4 is 4.90 Å². The molecule has 0 fully saturated rings. The van der Waals surface area contributed by atoms with Gasteiger partial charge < -0.3 is 4.90 Å². The summed E-state index contributed by atoms with van der Waals surface area (Å²) in [5, 5.41) is 0.585. The predicted octanol–water partition coefficient (Wildman–Crippen LogP) is 3.32. The van der Waals surface area contributed by atoms with E-state index in [1.165, 1.54) is 6.33 Å². The second kappa shape index (κ2) is 6.04. The Labute approximate surface area is 103 Å². The molecule has 0 aliphatic rings. The van der Waals surface area contributed by atoms with Gasteiger partial charge in [-0.15, -0.1) is 0 Å². The van der Waals surface area contributed by atoms with E-state index in [2.05, 4.69) is 42.7 Å². The Hall–Kier alpha value is -0.830. The summed E-state index contributed by atoms with van der Waals surface area (Å²) in [5.74, 6) is 0.969. The molecule has 0 saturated heterocycles. The Morgan fingerprint density at radius 3 is 2.62 bits per heavy atom. The van der Waals surface area contributed by atoms with Gasteiger partial charge in [0.2, 0.25) is 0 Å². The second-order valence-corrected chi connectivity index (χ2v) is 4.44. The van der Waals surface area contributed by atoms with Crippen molar-refractivity contribution in [3.05, 3.63) is 17.0 Å². The first-order valence-electron chi connectivity index (χ1n) is 5.83. The summed E-state index contributed by atoms with van der Waals surface area (Å²) >= 11 is 6.12. The largest absolute Gasteiger partial charge is 0.357 e. The van der Waals surface area contributed by atoms with Crippen LogP contribution in [0.1, 0.15) is 39.2 Å². The van der Waals surface area contributed by atoms with E-state index in [0.717, 1.165) is 30.6 Å². The van der Waals surface area contributed by atoms with Crippen LogP contribution in [0.15, 0.2) is 6.33 Å². The van der Waals surface area contributed by atoms with E-state index in [-0.39, 0.29) is 0 Å². The van der Waals surface area contributed by atoms with Crippen molar-refractivity contribution in [2.45, 2.75) is 46.1 Å². The van der Waals surface area contributed by atoms with E-state index < -0.39 is 0 Å². The Morgan fingerprint density at radius 2 is 2.06 bits per heavy atom. The maximum Gasteiger partial charge on any atom is 0.137 e. The summed E-state index contributed by atoms with van der Waals surface area (Å²) in [5.41, 5.74) is 1.06. The van der Waals surface area contributed by atoms with Crippen LogP contribution in [0.2, 0.25) is 5.15 Å². The standard InChI is InChI=1S/C12H20ClN3/c1-5-7-10-11(13)14-8-15-12(10)16(4)9(3)6-2/h8-9H,5-7H2,1-4H3. The van der Waals surface area contributed by atoms with Gasteiger partial charge in [-0.1, -0.05) is 31.9 Å². The van der Waals surface area contributed by atoms with Gasteiger partial charge in [-0.3, -0.25) is 0 Å². The highest BCUT2D eigenvalue weighted by atomic mass is 35.5. The topological polar surface area (TPSA) is 29.0 Å². The molecule has 0 bridgehead atoms. The van der Waals surface area contributed by atoms with Gasteiger partial charge in [0.25, 0.3) is 0 Å². The molecule has 16 heavy (non-hydrogen) atoms. The Kier molecular flexibility index (Phi) is 5.00. The zero-order chi connectivity index (χ0) is 12.1. The highest BCUT2D eigenvalue weighted by Gasteiger charge is 2.16. The zero-order valence-electron chi connectivity index (χ0n) is 10.5. The van der Waals surface area contributed by atoms with Crippen LogP contribution in [-0.4, -0.2) is 23.1 Å². The quantitative estimate of drug-likeness (QED) is 0.741. The van der Waals surface area contributed by atoms with Gasteiger partial charge in [0, 0.05) is 18.7 Å². The van der Waals surface area contributed by atoms with Crippen LogP contribution in [0.5, 0.6) is 0 Å². The van der Waals surface area contributed by atoms with E-state index in [1.807, 2.05) is 0 Å². The smallest absolute Gasteiger partial charge is 0.137 e. The van der Waals surface area contributed by atoms with Crippen molar-refractivity contribution < 1.29 is 0 Å². The molecule has 1 aromatic heterocycles. The average molecular weight is 242 g/mol. The molecule has 1 unspecified atom stereocenters. The van der Waals surface area contributed by atoms with Crippen LogP contribution in [0.4, 0.5) is 5.82 Å². The molecule has 0 aliphatic heterocycles. The van der Waals surface area contributed by atoms with E-state index in [0.29, 0.717) is 11.2 Å². The first kappa shape index (κ1) is 13.2. The van der Waals surface area contributed by atoms with Crippen molar-refractivity contribution >= 4 is 17.4 Å². The molecular formula is C12H20ClN3. The molecule has 0 amide bonds. The second-order valence-electron chi connectivity index (χ2n) is 4.08. The van der Waals surface area contributed by atoms with Crippen molar-refractivity contribution in [1.29, 1.82) is 0 Å². The summed E-state index contributed by atoms with van der Waals surface area (Å²) in [6, 6.07) is 0.460. The molecule has 0 aliphatic carbocycles. The first-order valence-corrected chi connectivity index (χ1v) is 6.21. The number of anilines is 1. The van der Waals surface area contributed by atoms with Gasteiger partial charge in [-0.25, -0.2) is 9.97 Å². The van der Waals surface area contributed by atoms with Crippen LogP contribution in [0, 0.1) is 0 Å². The van der Waals surface area contributed by atoms with Crippen molar-refractivity contribution in [3.63, 3.8) is 0 Å². The lowest BCUT2D eigenvalue weighted by atomic mass is 10.1. The number of aromatic nitrogens is 2. The maximum atomic E-state index is 6.12. The molecule has 3 nitrogen and oxygen atoms in total. The van der Waals surface area contributed by atoms with Crippen molar-refractivity contribution in [2.24, 2.45) is 0 Å². The van der Waals surface area contributed by atoms with Crippen molar-refractivity contribution in [1.82, 2.24) is 9.97 Å². The number of rotatable bonds is 5. The third-order valence-corrected chi connectivity index (χ3v) is 3.28. The fraction of sp³-hybridized carbons (Fsp3) is 0.667. The molecule has 90 valence electrons. The Balaban J connectivity index is 3.06. The summed E-state index contributed by atoms with van der Waals surface area (Å²) < 4.78 is 0. The number of nitrogens with zero attached hydrogens (tertiary/aromatic N) is 3. The molecule has 0 N–H and O–H groups in total. The van der Waals surface area contributed by atoms with Gasteiger partial charge in [0.1, 0.15) is 17.3 Å². The molecule has 0 radical (unpaired) electrons. The lowest BCUT2D eigenvalue weighted by Gasteiger charge is -2.27. The molecule has 0 aromatic carbocycles. The maximum absolute atomic E-state index is 6.12. The fourth-order valence-electron chi connectivity index (χ4n) is 1.63. The van der Waals surface area contributed by atoms with E-state index in [1.54, 1.807) is 0 Å². The number of hydrogen-bond acceptors (Lipinski definition) is 3.